The van der Waals surface area contributed by atoms with Crippen molar-refractivity contribution in [3.8, 4) is 12.3 Å². The van der Waals surface area contributed by atoms with E-state index in [9.17, 15) is 18.0 Å². The summed E-state index contributed by atoms with van der Waals surface area (Å²) in [6, 6.07) is -0.480. The molecule has 17 heavy (non-hydrogen) atoms. The molecule has 1 amide bonds. The molecule has 1 atom stereocenters. The molecule has 0 rings (SSSR count). The number of nitrogens with zero attached hydrogens (tertiary/aromatic N) is 1. The monoisotopic (exact) mass is 249 g/mol. The molecule has 0 heterocycles. The Bertz CT molecular complexity index is 280. The van der Waals surface area contributed by atoms with Crippen LogP contribution in [-0.2, 0) is 4.79 Å². The van der Waals surface area contributed by atoms with E-state index < -0.39 is 18.1 Å². The molecule has 0 aliphatic carbocycles. The zero-order valence-electron chi connectivity index (χ0n) is 10.2. The normalized spacial score (nSPS) is 12.9. The largest absolute Gasteiger partial charge is 0.471 e. The van der Waals surface area contributed by atoms with Gasteiger partial charge in [0.2, 0.25) is 0 Å². The van der Waals surface area contributed by atoms with Crippen LogP contribution in [0, 0.1) is 12.3 Å². The predicted molar refractivity (Wildman–Crippen MR) is 60.2 cm³/mol. The second kappa shape index (κ2) is 7.21. The third kappa shape index (κ3) is 5.62. The zero-order chi connectivity index (χ0) is 13.5. The summed E-state index contributed by atoms with van der Waals surface area (Å²) in [6.45, 7) is 3.30. The molecule has 0 radical (unpaired) electrons. The molecule has 0 aliphatic rings. The van der Waals surface area contributed by atoms with Crippen LogP contribution in [0.25, 0.3) is 0 Å². The van der Waals surface area contributed by atoms with E-state index in [1.807, 2.05) is 6.92 Å². The van der Waals surface area contributed by atoms with Crippen LogP contribution in [0.2, 0.25) is 0 Å². The summed E-state index contributed by atoms with van der Waals surface area (Å²) >= 11 is 0. The molecule has 5 heteroatoms. The van der Waals surface area contributed by atoms with Crippen LogP contribution in [-0.4, -0.2) is 29.6 Å². The van der Waals surface area contributed by atoms with Crippen molar-refractivity contribution in [2.75, 3.05) is 6.54 Å². The van der Waals surface area contributed by atoms with Crippen LogP contribution in [0.4, 0.5) is 13.2 Å². The Kier molecular flexibility index (Phi) is 6.71. The van der Waals surface area contributed by atoms with Crippen LogP contribution in [0.5, 0.6) is 0 Å². The first kappa shape index (κ1) is 15.8. The number of carbonyl (C=O) groups is 1. The SMILES string of the molecule is C#CCN(C(=O)C(F)(F)F)[C@H](C)CCCCC. The van der Waals surface area contributed by atoms with Crippen LogP contribution < -0.4 is 0 Å². The lowest BCUT2D eigenvalue weighted by atomic mass is 10.1. The molecule has 0 aliphatic heterocycles. The Balaban J connectivity index is 4.52. The highest BCUT2D eigenvalue weighted by Crippen LogP contribution is 2.21. The molecule has 0 N–H and O–H groups in total. The Morgan fingerprint density at radius 3 is 2.41 bits per heavy atom. The van der Waals surface area contributed by atoms with Gasteiger partial charge in [-0.25, -0.2) is 0 Å². The van der Waals surface area contributed by atoms with E-state index in [0.29, 0.717) is 6.42 Å². The molecular weight excluding hydrogens is 231 g/mol. The Morgan fingerprint density at radius 1 is 1.41 bits per heavy atom. The first-order chi connectivity index (χ1) is 7.84. The number of amides is 1. The van der Waals surface area contributed by atoms with Gasteiger partial charge in [-0.15, -0.1) is 6.42 Å². The number of hydrogen-bond donors (Lipinski definition) is 0. The third-order valence-electron chi connectivity index (χ3n) is 2.52. The number of rotatable bonds is 6. The second-order valence-electron chi connectivity index (χ2n) is 3.98. The van der Waals surface area contributed by atoms with Gasteiger partial charge in [0.15, 0.2) is 0 Å². The van der Waals surface area contributed by atoms with E-state index in [-0.39, 0.29) is 6.54 Å². The van der Waals surface area contributed by atoms with Crippen LogP contribution in [0.15, 0.2) is 0 Å². The van der Waals surface area contributed by atoms with Crippen molar-refractivity contribution in [2.45, 2.75) is 51.7 Å². The highest BCUT2D eigenvalue weighted by atomic mass is 19.4. The molecule has 0 saturated heterocycles. The van der Waals surface area contributed by atoms with E-state index in [1.165, 1.54) is 0 Å². The fraction of sp³-hybridized carbons (Fsp3) is 0.750. The smallest absolute Gasteiger partial charge is 0.321 e. The summed E-state index contributed by atoms with van der Waals surface area (Å²) in [7, 11) is 0. The molecule has 0 spiro atoms. The number of hydrogen-bond acceptors (Lipinski definition) is 1. The zero-order valence-corrected chi connectivity index (χ0v) is 10.2. The molecule has 0 aromatic heterocycles. The fourth-order valence-corrected chi connectivity index (χ4v) is 1.53. The van der Waals surface area contributed by atoms with E-state index >= 15 is 0 Å². The number of unbranched alkanes of at least 4 members (excludes halogenated alkanes) is 2. The lowest BCUT2D eigenvalue weighted by molar-refractivity contribution is -0.186. The van der Waals surface area contributed by atoms with Gasteiger partial charge in [-0.05, 0) is 13.3 Å². The van der Waals surface area contributed by atoms with Crippen molar-refractivity contribution in [2.24, 2.45) is 0 Å². The Morgan fingerprint density at radius 2 is 2.00 bits per heavy atom. The van der Waals surface area contributed by atoms with Gasteiger partial charge in [0.1, 0.15) is 0 Å². The molecule has 0 fully saturated rings. The molecule has 0 bridgehead atoms. The van der Waals surface area contributed by atoms with E-state index in [4.69, 9.17) is 6.42 Å². The summed E-state index contributed by atoms with van der Waals surface area (Å²) < 4.78 is 36.9. The molecule has 98 valence electrons. The fourth-order valence-electron chi connectivity index (χ4n) is 1.53. The van der Waals surface area contributed by atoms with Crippen molar-refractivity contribution in [3.05, 3.63) is 0 Å². The maximum Gasteiger partial charge on any atom is 0.471 e. The standard InChI is InChI=1S/C12H18F3NO/c1-4-6-7-8-10(3)16(9-5-2)11(17)12(13,14)15/h2,10H,4,6-9H2,1,3H3/t10-/m1/s1. The Labute approximate surface area is 100 Å². The van der Waals surface area contributed by atoms with Crippen molar-refractivity contribution < 1.29 is 18.0 Å². The average Bonchev–Trinajstić information content (AvgIpc) is 2.23. The van der Waals surface area contributed by atoms with Crippen LogP contribution in [0.1, 0.15) is 39.5 Å². The highest BCUT2D eigenvalue weighted by Gasteiger charge is 2.43. The van der Waals surface area contributed by atoms with E-state index in [1.54, 1.807) is 6.92 Å². The Hall–Kier alpha value is -1.18. The van der Waals surface area contributed by atoms with Gasteiger partial charge in [0.05, 0.1) is 6.54 Å². The van der Waals surface area contributed by atoms with Crippen molar-refractivity contribution in [3.63, 3.8) is 0 Å². The van der Waals surface area contributed by atoms with Gasteiger partial charge < -0.3 is 4.90 Å². The van der Waals surface area contributed by atoms with Crippen molar-refractivity contribution in [1.82, 2.24) is 4.90 Å². The van der Waals surface area contributed by atoms with Gasteiger partial charge in [0, 0.05) is 6.04 Å². The first-order valence-electron chi connectivity index (χ1n) is 5.65. The van der Waals surface area contributed by atoms with Crippen molar-refractivity contribution >= 4 is 5.91 Å². The number of carbonyl (C=O) groups excluding carboxylic acids is 1. The van der Waals surface area contributed by atoms with Gasteiger partial charge >= 0.3 is 12.1 Å². The highest BCUT2D eigenvalue weighted by molar-refractivity contribution is 5.82. The quantitative estimate of drug-likeness (QED) is 0.523. The summed E-state index contributed by atoms with van der Waals surface area (Å²) in [4.78, 5) is 11.9. The minimum absolute atomic E-state index is 0.300. The van der Waals surface area contributed by atoms with E-state index in [0.717, 1.165) is 24.2 Å². The summed E-state index contributed by atoms with van der Waals surface area (Å²) in [6.07, 6.45) is 3.40. The van der Waals surface area contributed by atoms with E-state index in [2.05, 4.69) is 5.92 Å². The summed E-state index contributed by atoms with van der Waals surface area (Å²) in [5.74, 6) is 0.249. The van der Waals surface area contributed by atoms with Gasteiger partial charge in [-0.2, -0.15) is 13.2 Å². The van der Waals surface area contributed by atoms with Crippen molar-refractivity contribution in [1.29, 1.82) is 0 Å². The molecular formula is C12H18F3NO. The van der Waals surface area contributed by atoms with Gasteiger partial charge in [0.25, 0.3) is 0 Å². The molecule has 0 saturated carbocycles. The second-order valence-corrected chi connectivity index (χ2v) is 3.98. The topological polar surface area (TPSA) is 20.3 Å². The maximum atomic E-state index is 12.3. The average molecular weight is 249 g/mol. The minimum Gasteiger partial charge on any atom is -0.321 e. The maximum absolute atomic E-state index is 12.3. The number of terminal acetylenes is 1. The minimum atomic E-state index is -4.85. The third-order valence-corrected chi connectivity index (χ3v) is 2.52. The van der Waals surface area contributed by atoms with Gasteiger partial charge in [-0.3, -0.25) is 4.79 Å². The summed E-state index contributed by atoms with van der Waals surface area (Å²) in [5.41, 5.74) is 0. The van der Waals surface area contributed by atoms with Crippen LogP contribution >= 0.6 is 0 Å². The lowest BCUT2D eigenvalue weighted by Crippen LogP contribution is -2.46. The molecule has 0 aromatic carbocycles. The predicted octanol–water partition coefficient (Wildman–Crippen LogP) is 2.98. The summed E-state index contributed by atoms with van der Waals surface area (Å²) in [5, 5.41) is 0. The first-order valence-corrected chi connectivity index (χ1v) is 5.65. The number of halogens is 3. The number of alkyl halides is 3. The lowest BCUT2D eigenvalue weighted by Gasteiger charge is -2.28. The molecule has 0 unspecified atom stereocenters. The molecule has 0 aromatic rings. The van der Waals surface area contributed by atoms with Gasteiger partial charge in [-0.1, -0.05) is 32.1 Å². The molecule has 2 nitrogen and oxygen atoms in total. The van der Waals surface area contributed by atoms with Crippen LogP contribution in [0.3, 0.4) is 0 Å².